The van der Waals surface area contributed by atoms with Gasteiger partial charge in [0.2, 0.25) is 5.91 Å². The van der Waals surface area contributed by atoms with Crippen molar-refractivity contribution in [3.05, 3.63) is 30.1 Å². The van der Waals surface area contributed by atoms with E-state index in [1.165, 1.54) is 11.8 Å². The lowest BCUT2D eigenvalue weighted by Crippen LogP contribution is -2.19. The van der Waals surface area contributed by atoms with E-state index in [2.05, 4.69) is 25.5 Å². The number of amidine groups is 1. The molecule has 0 aliphatic carbocycles. The van der Waals surface area contributed by atoms with E-state index in [-0.39, 0.29) is 5.91 Å². The van der Waals surface area contributed by atoms with Crippen molar-refractivity contribution in [1.82, 2.24) is 15.3 Å². The molecular formula is C11H9N5OS. The summed E-state index contributed by atoms with van der Waals surface area (Å²) in [5, 5.41) is 11.0. The molecular weight excluding hydrogens is 250 g/mol. The van der Waals surface area contributed by atoms with Crippen LogP contribution in [0.25, 0.3) is 11.0 Å². The van der Waals surface area contributed by atoms with Crippen molar-refractivity contribution in [2.45, 2.75) is 0 Å². The summed E-state index contributed by atoms with van der Waals surface area (Å²) < 4.78 is 0. The summed E-state index contributed by atoms with van der Waals surface area (Å²) >= 11 is 1.34. The molecule has 18 heavy (non-hydrogen) atoms. The molecule has 1 aliphatic rings. The van der Waals surface area contributed by atoms with E-state index in [0.717, 1.165) is 16.6 Å². The van der Waals surface area contributed by atoms with Crippen molar-refractivity contribution in [2.75, 3.05) is 5.75 Å². The Morgan fingerprint density at radius 2 is 2.39 bits per heavy atom. The van der Waals surface area contributed by atoms with E-state index in [0.29, 0.717) is 10.9 Å². The molecule has 1 aliphatic heterocycles. The SMILES string of the molecule is O=C1CSC(=NN=Cc2cccc3[nH]cnc23)N1. The van der Waals surface area contributed by atoms with Gasteiger partial charge in [-0.3, -0.25) is 4.79 Å². The molecule has 0 unspecified atom stereocenters. The zero-order valence-corrected chi connectivity index (χ0v) is 10.1. The largest absolute Gasteiger partial charge is 0.345 e. The topological polar surface area (TPSA) is 82.5 Å². The van der Waals surface area contributed by atoms with Gasteiger partial charge in [0.25, 0.3) is 0 Å². The lowest BCUT2D eigenvalue weighted by molar-refractivity contribution is -0.116. The monoisotopic (exact) mass is 259 g/mol. The van der Waals surface area contributed by atoms with Crippen LogP contribution in [0.2, 0.25) is 0 Å². The Morgan fingerprint density at radius 1 is 1.44 bits per heavy atom. The summed E-state index contributed by atoms with van der Waals surface area (Å²) in [5.41, 5.74) is 2.69. The maximum absolute atomic E-state index is 10.9. The number of nitrogens with zero attached hydrogens (tertiary/aromatic N) is 3. The van der Waals surface area contributed by atoms with Crippen molar-refractivity contribution in [3.8, 4) is 0 Å². The molecule has 7 heteroatoms. The molecule has 1 amide bonds. The third-order valence-corrected chi connectivity index (χ3v) is 3.28. The quantitative estimate of drug-likeness (QED) is 0.626. The van der Waals surface area contributed by atoms with E-state index in [4.69, 9.17) is 0 Å². The molecule has 3 rings (SSSR count). The van der Waals surface area contributed by atoms with Gasteiger partial charge in [0.05, 0.1) is 29.3 Å². The van der Waals surface area contributed by atoms with E-state index < -0.39 is 0 Å². The highest BCUT2D eigenvalue weighted by molar-refractivity contribution is 8.15. The second kappa shape index (κ2) is 4.61. The van der Waals surface area contributed by atoms with E-state index in [1.807, 2.05) is 18.2 Å². The number of nitrogens with one attached hydrogen (secondary N) is 2. The third kappa shape index (κ3) is 2.12. The smallest absolute Gasteiger partial charge is 0.236 e. The molecule has 2 heterocycles. The summed E-state index contributed by atoms with van der Waals surface area (Å²) in [7, 11) is 0. The van der Waals surface area contributed by atoms with Crippen LogP contribution in [-0.2, 0) is 4.79 Å². The first-order chi connectivity index (χ1) is 8.83. The fourth-order valence-corrected chi connectivity index (χ4v) is 2.25. The lowest BCUT2D eigenvalue weighted by atomic mass is 10.2. The molecule has 1 saturated heterocycles. The fraction of sp³-hybridized carbons (Fsp3) is 0.0909. The van der Waals surface area contributed by atoms with Crippen LogP contribution < -0.4 is 5.32 Å². The number of imidazole rings is 1. The minimum Gasteiger partial charge on any atom is -0.345 e. The molecule has 1 aromatic heterocycles. The Labute approximate surface area is 107 Å². The fourth-order valence-electron chi connectivity index (χ4n) is 1.62. The molecule has 1 aromatic carbocycles. The van der Waals surface area contributed by atoms with Crippen molar-refractivity contribution in [3.63, 3.8) is 0 Å². The first kappa shape index (κ1) is 11.0. The summed E-state index contributed by atoms with van der Waals surface area (Å²) in [6.07, 6.45) is 3.27. The van der Waals surface area contributed by atoms with Gasteiger partial charge >= 0.3 is 0 Å². The standard InChI is InChI=1S/C11H9N5OS/c17-9-5-18-11(15-9)16-14-4-7-2-1-3-8-10(7)13-6-12-8/h1-4,6H,5H2,(H,12,13)(H,15,16,17). The number of amides is 1. The van der Waals surface area contributed by atoms with Gasteiger partial charge in [-0.25, -0.2) is 4.98 Å². The summed E-state index contributed by atoms with van der Waals surface area (Å²) in [6.45, 7) is 0. The Morgan fingerprint density at radius 3 is 3.22 bits per heavy atom. The minimum atomic E-state index is -0.0386. The molecule has 0 bridgehead atoms. The van der Waals surface area contributed by atoms with Crippen molar-refractivity contribution >= 4 is 40.1 Å². The van der Waals surface area contributed by atoms with Crippen molar-refractivity contribution in [2.24, 2.45) is 10.2 Å². The van der Waals surface area contributed by atoms with Crippen LogP contribution in [0.5, 0.6) is 0 Å². The maximum atomic E-state index is 10.9. The van der Waals surface area contributed by atoms with Crippen LogP contribution in [0, 0.1) is 0 Å². The van der Waals surface area contributed by atoms with Gasteiger partial charge in [-0.1, -0.05) is 23.9 Å². The molecule has 6 nitrogen and oxygen atoms in total. The first-order valence-corrected chi connectivity index (χ1v) is 6.27. The number of hydrogen-bond donors (Lipinski definition) is 2. The van der Waals surface area contributed by atoms with Crippen LogP contribution >= 0.6 is 11.8 Å². The van der Waals surface area contributed by atoms with Gasteiger partial charge in [-0.15, -0.1) is 5.10 Å². The molecule has 2 N–H and O–H groups in total. The molecule has 2 aromatic rings. The van der Waals surface area contributed by atoms with E-state index in [1.54, 1.807) is 12.5 Å². The Hall–Kier alpha value is -2.15. The highest BCUT2D eigenvalue weighted by atomic mass is 32.2. The minimum absolute atomic E-state index is 0.0386. The zero-order valence-electron chi connectivity index (χ0n) is 9.25. The van der Waals surface area contributed by atoms with Gasteiger partial charge in [-0.05, 0) is 6.07 Å². The predicted octanol–water partition coefficient (Wildman–Crippen LogP) is 1.12. The average Bonchev–Trinajstić information content (AvgIpc) is 2.98. The van der Waals surface area contributed by atoms with Crippen LogP contribution in [0.15, 0.2) is 34.7 Å². The number of fused-ring (bicyclic) bond motifs is 1. The third-order valence-electron chi connectivity index (χ3n) is 2.41. The predicted molar refractivity (Wildman–Crippen MR) is 71.7 cm³/mol. The number of aromatic amines is 1. The second-order valence-corrected chi connectivity index (χ2v) is 4.60. The van der Waals surface area contributed by atoms with Crippen LogP contribution in [-0.4, -0.2) is 33.0 Å². The first-order valence-electron chi connectivity index (χ1n) is 5.29. The van der Waals surface area contributed by atoms with Gasteiger partial charge in [0.15, 0.2) is 5.17 Å². The molecule has 1 fully saturated rings. The highest BCUT2D eigenvalue weighted by Crippen LogP contribution is 2.13. The average molecular weight is 259 g/mol. The number of aromatic nitrogens is 2. The molecule has 0 radical (unpaired) electrons. The number of H-pyrrole nitrogens is 1. The maximum Gasteiger partial charge on any atom is 0.236 e. The zero-order chi connectivity index (χ0) is 12.4. The van der Waals surface area contributed by atoms with Crippen molar-refractivity contribution in [1.29, 1.82) is 0 Å². The summed E-state index contributed by atoms with van der Waals surface area (Å²) in [5.74, 6) is 0.367. The molecule has 0 saturated carbocycles. The normalized spacial score (nSPS) is 18.0. The van der Waals surface area contributed by atoms with Crippen LogP contribution in [0.4, 0.5) is 0 Å². The van der Waals surface area contributed by atoms with Gasteiger partial charge in [0.1, 0.15) is 0 Å². The number of carbonyl (C=O) groups is 1. The Balaban J connectivity index is 1.84. The van der Waals surface area contributed by atoms with Gasteiger partial charge in [-0.2, -0.15) is 5.10 Å². The summed E-state index contributed by atoms with van der Waals surface area (Å²) in [4.78, 5) is 18.2. The van der Waals surface area contributed by atoms with Crippen molar-refractivity contribution < 1.29 is 4.79 Å². The number of benzene rings is 1. The second-order valence-electron chi connectivity index (χ2n) is 3.63. The van der Waals surface area contributed by atoms with Crippen LogP contribution in [0.1, 0.15) is 5.56 Å². The van der Waals surface area contributed by atoms with E-state index in [9.17, 15) is 4.79 Å². The Bertz CT molecular complexity index is 660. The number of rotatable bonds is 2. The number of para-hydroxylation sites is 1. The highest BCUT2D eigenvalue weighted by Gasteiger charge is 2.15. The summed E-state index contributed by atoms with van der Waals surface area (Å²) in [6, 6.07) is 5.77. The van der Waals surface area contributed by atoms with E-state index >= 15 is 0 Å². The lowest BCUT2D eigenvalue weighted by Gasteiger charge is -1.93. The number of hydrogen-bond acceptors (Lipinski definition) is 5. The number of thioether (sulfide) groups is 1. The Kier molecular flexibility index (Phi) is 2.81. The molecule has 0 spiro atoms. The van der Waals surface area contributed by atoms with Crippen LogP contribution in [0.3, 0.4) is 0 Å². The number of carbonyl (C=O) groups excluding carboxylic acids is 1. The van der Waals surface area contributed by atoms with Gasteiger partial charge < -0.3 is 10.3 Å². The molecule has 90 valence electrons. The van der Waals surface area contributed by atoms with Gasteiger partial charge in [0, 0.05) is 5.56 Å². The molecule has 0 atom stereocenters.